The van der Waals surface area contributed by atoms with Crippen molar-refractivity contribution >= 4 is 11.9 Å². The third kappa shape index (κ3) is 4.06. The van der Waals surface area contributed by atoms with Gasteiger partial charge in [0.2, 0.25) is 0 Å². The topological polar surface area (TPSA) is 93.5 Å². The summed E-state index contributed by atoms with van der Waals surface area (Å²) in [6, 6.07) is 11.2. The summed E-state index contributed by atoms with van der Waals surface area (Å²) in [5.74, 6) is -1.36. The maximum Gasteiger partial charge on any atom is 0.303 e. The molecule has 0 saturated carbocycles. The van der Waals surface area contributed by atoms with E-state index in [1.807, 2.05) is 30.3 Å². The van der Waals surface area contributed by atoms with Gasteiger partial charge in [0.05, 0.1) is 18.7 Å². The predicted octanol–water partition coefficient (Wildman–Crippen LogP) is 1.70. The molecule has 1 aliphatic heterocycles. The molecule has 0 spiro atoms. The highest BCUT2D eigenvalue weighted by Gasteiger charge is 2.30. The highest BCUT2D eigenvalue weighted by Crippen LogP contribution is 2.21. The number of amides is 1. The van der Waals surface area contributed by atoms with Crippen LogP contribution in [0.15, 0.2) is 36.4 Å². The van der Waals surface area contributed by atoms with Crippen LogP contribution in [0.4, 0.5) is 0 Å². The molecule has 0 bridgehead atoms. The second-order valence-electron chi connectivity index (χ2n) is 6.21. The Balaban J connectivity index is 1.74. The largest absolute Gasteiger partial charge is 0.481 e. The lowest BCUT2D eigenvalue weighted by Gasteiger charge is -2.31. The summed E-state index contributed by atoms with van der Waals surface area (Å²) in [4.78, 5) is 23.7. The van der Waals surface area contributed by atoms with Crippen molar-refractivity contribution in [2.75, 3.05) is 13.2 Å². The van der Waals surface area contributed by atoms with Crippen LogP contribution < -0.4 is 5.32 Å². The molecule has 1 aliphatic rings. The molecule has 2 aromatic rings. The first kappa shape index (κ1) is 17.2. The Hall–Kier alpha value is -2.67. The molecule has 1 amide bonds. The molecule has 3 rings (SSSR count). The molecule has 2 atom stereocenters. The minimum absolute atomic E-state index is 0.0222. The van der Waals surface area contributed by atoms with Crippen molar-refractivity contribution in [1.29, 1.82) is 0 Å². The second-order valence-corrected chi connectivity index (χ2v) is 6.21. The van der Waals surface area contributed by atoms with Gasteiger partial charge in [-0.15, -0.1) is 0 Å². The maximum absolute atomic E-state index is 12.6. The Morgan fingerprint density at radius 3 is 2.84 bits per heavy atom. The molecule has 1 saturated heterocycles. The van der Waals surface area contributed by atoms with Crippen molar-refractivity contribution in [3.63, 3.8) is 0 Å². The van der Waals surface area contributed by atoms with E-state index in [1.54, 1.807) is 17.8 Å². The third-order valence-corrected chi connectivity index (χ3v) is 4.41. The minimum Gasteiger partial charge on any atom is -0.481 e. The number of aliphatic carboxylic acids is 1. The molecular weight excluding hydrogens is 322 g/mol. The van der Waals surface area contributed by atoms with Crippen LogP contribution >= 0.6 is 0 Å². The molecule has 2 unspecified atom stereocenters. The van der Waals surface area contributed by atoms with Crippen molar-refractivity contribution < 1.29 is 19.4 Å². The van der Waals surface area contributed by atoms with E-state index in [2.05, 4.69) is 10.4 Å². The number of nitrogens with zero attached hydrogens (tertiary/aromatic N) is 2. The minimum atomic E-state index is -0.887. The Morgan fingerprint density at radius 1 is 1.36 bits per heavy atom. The first-order valence-corrected chi connectivity index (χ1v) is 8.24. The molecule has 2 heterocycles. The van der Waals surface area contributed by atoms with E-state index >= 15 is 0 Å². The average Bonchev–Trinajstić information content (AvgIpc) is 2.99. The lowest BCUT2D eigenvalue weighted by Crippen LogP contribution is -2.46. The van der Waals surface area contributed by atoms with Crippen molar-refractivity contribution in [2.45, 2.75) is 18.9 Å². The van der Waals surface area contributed by atoms with Crippen LogP contribution in [0.3, 0.4) is 0 Å². The standard InChI is InChI=1S/C18H21N3O4/c1-21-16(10-15(20-21)12-5-3-2-4-6-12)18(24)19-14-7-8-25-11-13(14)9-17(22)23/h2-6,10,13-14H,7-9,11H2,1H3,(H,19,24)(H,22,23). The van der Waals surface area contributed by atoms with Crippen molar-refractivity contribution in [1.82, 2.24) is 15.1 Å². The first-order chi connectivity index (χ1) is 12.0. The number of hydrogen-bond donors (Lipinski definition) is 2. The molecule has 25 heavy (non-hydrogen) atoms. The number of aromatic nitrogens is 2. The number of rotatable bonds is 5. The summed E-state index contributed by atoms with van der Waals surface area (Å²) < 4.78 is 6.90. The van der Waals surface area contributed by atoms with Gasteiger partial charge in [0, 0.05) is 31.2 Å². The van der Waals surface area contributed by atoms with E-state index in [-0.39, 0.29) is 24.3 Å². The van der Waals surface area contributed by atoms with E-state index in [1.165, 1.54) is 0 Å². The molecule has 1 aromatic carbocycles. The molecule has 7 heteroatoms. The van der Waals surface area contributed by atoms with Gasteiger partial charge < -0.3 is 15.2 Å². The van der Waals surface area contributed by atoms with Gasteiger partial charge in [-0.3, -0.25) is 14.3 Å². The normalized spacial score (nSPS) is 20.2. The molecule has 132 valence electrons. The van der Waals surface area contributed by atoms with Crippen molar-refractivity contribution in [2.24, 2.45) is 13.0 Å². The fourth-order valence-electron chi connectivity index (χ4n) is 3.08. The monoisotopic (exact) mass is 343 g/mol. The summed E-state index contributed by atoms with van der Waals surface area (Å²) >= 11 is 0. The molecule has 1 aromatic heterocycles. The quantitative estimate of drug-likeness (QED) is 0.862. The number of carboxylic acids is 1. The molecule has 0 aliphatic carbocycles. The van der Waals surface area contributed by atoms with Crippen molar-refractivity contribution in [3.05, 3.63) is 42.1 Å². The van der Waals surface area contributed by atoms with E-state index in [0.717, 1.165) is 11.3 Å². The van der Waals surface area contributed by atoms with Crippen LogP contribution in [-0.2, 0) is 16.6 Å². The predicted molar refractivity (Wildman–Crippen MR) is 91.1 cm³/mol. The number of nitrogens with one attached hydrogen (secondary N) is 1. The number of hydrogen-bond acceptors (Lipinski definition) is 4. The van der Waals surface area contributed by atoms with Gasteiger partial charge in [-0.1, -0.05) is 30.3 Å². The van der Waals surface area contributed by atoms with Gasteiger partial charge in [-0.05, 0) is 12.5 Å². The van der Waals surface area contributed by atoms with Crippen LogP contribution in [0.5, 0.6) is 0 Å². The average molecular weight is 343 g/mol. The Labute approximate surface area is 145 Å². The number of carboxylic acid groups (broad SMARTS) is 1. The molecule has 7 nitrogen and oxygen atoms in total. The van der Waals surface area contributed by atoms with Crippen LogP contribution in [0.2, 0.25) is 0 Å². The lowest BCUT2D eigenvalue weighted by atomic mass is 9.92. The zero-order valence-electron chi connectivity index (χ0n) is 14.0. The number of aryl methyl sites for hydroxylation is 1. The van der Waals surface area contributed by atoms with Crippen LogP contribution in [0, 0.1) is 5.92 Å². The SMILES string of the molecule is Cn1nc(-c2ccccc2)cc1C(=O)NC1CCOCC1CC(=O)O. The van der Waals surface area contributed by atoms with Gasteiger partial charge in [0.1, 0.15) is 5.69 Å². The van der Waals surface area contributed by atoms with Crippen LogP contribution in [0.1, 0.15) is 23.3 Å². The van der Waals surface area contributed by atoms with Gasteiger partial charge in [-0.2, -0.15) is 5.10 Å². The summed E-state index contributed by atoms with van der Waals surface area (Å²) in [5.41, 5.74) is 2.11. The third-order valence-electron chi connectivity index (χ3n) is 4.41. The number of benzene rings is 1. The fraction of sp³-hybridized carbons (Fsp3) is 0.389. The lowest BCUT2D eigenvalue weighted by molar-refractivity contribution is -0.139. The molecule has 1 fully saturated rings. The van der Waals surface area contributed by atoms with Crippen molar-refractivity contribution in [3.8, 4) is 11.3 Å². The van der Waals surface area contributed by atoms with E-state index in [0.29, 0.717) is 25.3 Å². The zero-order valence-corrected chi connectivity index (χ0v) is 14.0. The van der Waals surface area contributed by atoms with E-state index < -0.39 is 5.97 Å². The number of ether oxygens (including phenoxy) is 1. The highest BCUT2D eigenvalue weighted by atomic mass is 16.5. The molecular formula is C18H21N3O4. The maximum atomic E-state index is 12.6. The summed E-state index contributed by atoms with van der Waals surface area (Å²) in [6.45, 7) is 0.861. The number of carbonyl (C=O) groups excluding carboxylic acids is 1. The van der Waals surface area contributed by atoms with Gasteiger partial charge in [0.15, 0.2) is 0 Å². The molecule has 0 radical (unpaired) electrons. The number of carbonyl (C=O) groups is 2. The Morgan fingerprint density at radius 2 is 2.12 bits per heavy atom. The Bertz CT molecular complexity index is 757. The van der Waals surface area contributed by atoms with Gasteiger partial charge >= 0.3 is 5.97 Å². The second kappa shape index (κ2) is 7.48. The summed E-state index contributed by atoms with van der Waals surface area (Å²) in [7, 11) is 1.72. The molecule has 2 N–H and O–H groups in total. The zero-order chi connectivity index (χ0) is 17.8. The van der Waals surface area contributed by atoms with Gasteiger partial charge in [-0.25, -0.2) is 0 Å². The van der Waals surface area contributed by atoms with E-state index in [4.69, 9.17) is 9.84 Å². The summed E-state index contributed by atoms with van der Waals surface area (Å²) in [5, 5.41) is 16.4. The Kier molecular flexibility index (Phi) is 5.14. The van der Waals surface area contributed by atoms with Crippen LogP contribution in [0.25, 0.3) is 11.3 Å². The van der Waals surface area contributed by atoms with Crippen LogP contribution in [-0.4, -0.2) is 46.0 Å². The van der Waals surface area contributed by atoms with Gasteiger partial charge in [0.25, 0.3) is 5.91 Å². The first-order valence-electron chi connectivity index (χ1n) is 8.24. The highest BCUT2D eigenvalue weighted by molar-refractivity contribution is 5.94. The smallest absolute Gasteiger partial charge is 0.303 e. The van der Waals surface area contributed by atoms with E-state index in [9.17, 15) is 9.59 Å². The summed E-state index contributed by atoms with van der Waals surface area (Å²) in [6.07, 6.45) is 0.582. The fourth-order valence-corrected chi connectivity index (χ4v) is 3.08.